The minimum Gasteiger partial charge on any atom is -0.508 e. The molecular formula is C13H9ClN2O4. The van der Waals surface area contributed by atoms with Gasteiger partial charge in [0.25, 0.3) is 5.91 Å². The summed E-state index contributed by atoms with van der Waals surface area (Å²) in [5.41, 5.74) is 0.159. The number of rotatable bonds is 3. The highest BCUT2D eigenvalue weighted by Crippen LogP contribution is 2.22. The van der Waals surface area contributed by atoms with Gasteiger partial charge in [0, 0.05) is 11.9 Å². The van der Waals surface area contributed by atoms with E-state index < -0.39 is 11.9 Å². The molecule has 3 N–H and O–H groups in total. The number of benzene rings is 1. The van der Waals surface area contributed by atoms with Gasteiger partial charge in [-0.05, 0) is 30.3 Å². The van der Waals surface area contributed by atoms with Crippen LogP contribution in [0.2, 0.25) is 5.02 Å². The second-order valence-corrected chi connectivity index (χ2v) is 4.26. The van der Waals surface area contributed by atoms with E-state index in [0.29, 0.717) is 0 Å². The molecular weight excluding hydrogens is 284 g/mol. The van der Waals surface area contributed by atoms with Crippen LogP contribution in [0.5, 0.6) is 5.75 Å². The van der Waals surface area contributed by atoms with E-state index in [1.807, 2.05) is 0 Å². The molecule has 6 nitrogen and oxygen atoms in total. The second kappa shape index (κ2) is 5.58. The van der Waals surface area contributed by atoms with Gasteiger partial charge >= 0.3 is 5.97 Å². The number of carbonyl (C=O) groups excluding carboxylic acids is 1. The Morgan fingerprint density at radius 2 is 1.95 bits per heavy atom. The van der Waals surface area contributed by atoms with E-state index in [1.165, 1.54) is 36.5 Å². The summed E-state index contributed by atoms with van der Waals surface area (Å²) in [6.45, 7) is 0. The van der Waals surface area contributed by atoms with Crippen LogP contribution in [0.4, 0.5) is 5.69 Å². The van der Waals surface area contributed by atoms with Crippen molar-refractivity contribution in [3.8, 4) is 5.75 Å². The summed E-state index contributed by atoms with van der Waals surface area (Å²) in [5.74, 6) is -1.86. The van der Waals surface area contributed by atoms with E-state index in [2.05, 4.69) is 10.3 Å². The number of carbonyl (C=O) groups is 2. The largest absolute Gasteiger partial charge is 0.508 e. The first-order valence-corrected chi connectivity index (χ1v) is 5.84. The van der Waals surface area contributed by atoms with Crippen LogP contribution in [-0.4, -0.2) is 27.1 Å². The van der Waals surface area contributed by atoms with Crippen molar-refractivity contribution in [2.75, 3.05) is 5.32 Å². The molecule has 7 heteroatoms. The van der Waals surface area contributed by atoms with Gasteiger partial charge in [0.15, 0.2) is 0 Å². The number of hydrogen-bond donors (Lipinski definition) is 3. The van der Waals surface area contributed by atoms with E-state index in [-0.39, 0.29) is 27.7 Å². The van der Waals surface area contributed by atoms with E-state index in [9.17, 15) is 14.7 Å². The van der Waals surface area contributed by atoms with Gasteiger partial charge in [0.2, 0.25) is 0 Å². The highest BCUT2D eigenvalue weighted by Gasteiger charge is 2.13. The van der Waals surface area contributed by atoms with Crippen LogP contribution < -0.4 is 5.32 Å². The fourth-order valence-electron chi connectivity index (χ4n) is 1.51. The first-order chi connectivity index (χ1) is 9.47. The van der Waals surface area contributed by atoms with Crippen LogP contribution >= 0.6 is 11.6 Å². The van der Waals surface area contributed by atoms with Gasteiger partial charge in [-0.25, -0.2) is 9.78 Å². The normalized spacial score (nSPS) is 10.1. The predicted octanol–water partition coefficient (Wildman–Crippen LogP) is 2.39. The van der Waals surface area contributed by atoms with E-state index >= 15 is 0 Å². The summed E-state index contributed by atoms with van der Waals surface area (Å²) in [5, 5.41) is 20.8. The van der Waals surface area contributed by atoms with Gasteiger partial charge in [0.05, 0.1) is 10.6 Å². The second-order valence-electron chi connectivity index (χ2n) is 3.85. The number of aromatic carboxylic acids is 1. The maximum atomic E-state index is 12.0. The summed E-state index contributed by atoms with van der Waals surface area (Å²) in [7, 11) is 0. The average molecular weight is 293 g/mol. The van der Waals surface area contributed by atoms with E-state index in [4.69, 9.17) is 16.7 Å². The quantitative estimate of drug-likeness (QED) is 0.806. The Morgan fingerprint density at radius 1 is 1.20 bits per heavy atom. The Balaban J connectivity index is 2.25. The molecule has 0 bridgehead atoms. The Hall–Kier alpha value is -2.60. The number of phenols is 1. The highest BCUT2D eigenvalue weighted by molar-refractivity contribution is 6.34. The van der Waals surface area contributed by atoms with E-state index in [1.54, 1.807) is 0 Å². The number of amides is 1. The van der Waals surface area contributed by atoms with E-state index in [0.717, 1.165) is 0 Å². The molecule has 20 heavy (non-hydrogen) atoms. The van der Waals surface area contributed by atoms with Crippen LogP contribution in [0, 0.1) is 0 Å². The third kappa shape index (κ3) is 3.04. The molecule has 0 aliphatic heterocycles. The zero-order valence-corrected chi connectivity index (χ0v) is 10.8. The lowest BCUT2D eigenvalue weighted by molar-refractivity contribution is 0.0690. The number of nitrogens with one attached hydrogen (secondary N) is 1. The number of carboxylic acids is 1. The van der Waals surface area contributed by atoms with Gasteiger partial charge in [-0.3, -0.25) is 4.79 Å². The Labute approximate surface area is 118 Å². The highest BCUT2D eigenvalue weighted by atomic mass is 35.5. The van der Waals surface area contributed by atoms with Crippen molar-refractivity contribution in [2.45, 2.75) is 0 Å². The zero-order valence-electron chi connectivity index (χ0n) is 10.0. The Bertz CT molecular complexity index is 688. The van der Waals surface area contributed by atoms with Crippen LogP contribution in [0.3, 0.4) is 0 Å². The number of carboxylic acid groups (broad SMARTS) is 1. The molecule has 0 aliphatic carbocycles. The molecule has 0 saturated carbocycles. The first-order valence-electron chi connectivity index (χ1n) is 5.46. The number of halogens is 1. The van der Waals surface area contributed by atoms with Crippen molar-refractivity contribution in [3.63, 3.8) is 0 Å². The van der Waals surface area contributed by atoms with Gasteiger partial charge in [-0.15, -0.1) is 0 Å². The molecule has 1 aromatic carbocycles. The fourth-order valence-corrected chi connectivity index (χ4v) is 1.71. The number of pyridine rings is 1. The van der Waals surface area contributed by atoms with Crippen LogP contribution in [-0.2, 0) is 0 Å². The molecule has 0 spiro atoms. The molecule has 1 amide bonds. The lowest BCUT2D eigenvalue weighted by atomic mass is 10.2. The third-order valence-corrected chi connectivity index (χ3v) is 2.76. The minimum atomic E-state index is -1.20. The Kier molecular flexibility index (Phi) is 3.86. The molecule has 2 aromatic rings. The maximum Gasteiger partial charge on any atom is 0.354 e. The molecule has 1 heterocycles. The fraction of sp³-hybridized carbons (Fsp3) is 0. The standard InChI is InChI=1S/C13H9ClN2O4/c14-10-2-1-8(17)6-9(10)12(18)16-7-3-4-15-11(5-7)13(19)20/h1-6,17H,(H,19,20)(H,15,16,18). The molecule has 0 saturated heterocycles. The molecule has 0 unspecified atom stereocenters. The van der Waals surface area contributed by atoms with Crippen molar-refractivity contribution in [3.05, 3.63) is 52.8 Å². The number of nitrogens with zero attached hydrogens (tertiary/aromatic N) is 1. The summed E-state index contributed by atoms with van der Waals surface area (Å²) in [6, 6.07) is 6.63. The minimum absolute atomic E-state index is 0.0837. The van der Waals surface area contributed by atoms with Gasteiger partial charge in [-0.1, -0.05) is 11.6 Å². The Morgan fingerprint density at radius 3 is 2.65 bits per heavy atom. The smallest absolute Gasteiger partial charge is 0.354 e. The van der Waals surface area contributed by atoms with Gasteiger partial charge < -0.3 is 15.5 Å². The van der Waals surface area contributed by atoms with Crippen molar-refractivity contribution >= 4 is 29.2 Å². The monoisotopic (exact) mass is 292 g/mol. The van der Waals surface area contributed by atoms with Gasteiger partial charge in [-0.2, -0.15) is 0 Å². The molecule has 1 aromatic heterocycles. The summed E-state index contributed by atoms with van der Waals surface area (Å²) in [4.78, 5) is 26.4. The SMILES string of the molecule is O=C(O)c1cc(NC(=O)c2cc(O)ccc2Cl)ccn1. The number of aromatic nitrogens is 1. The van der Waals surface area contributed by atoms with Crippen LogP contribution in [0.25, 0.3) is 0 Å². The topological polar surface area (TPSA) is 99.5 Å². The van der Waals surface area contributed by atoms with Gasteiger partial charge in [0.1, 0.15) is 11.4 Å². The summed E-state index contributed by atoms with van der Waals surface area (Å²) < 4.78 is 0. The molecule has 0 radical (unpaired) electrons. The first kappa shape index (κ1) is 13.8. The number of hydrogen-bond acceptors (Lipinski definition) is 4. The predicted molar refractivity (Wildman–Crippen MR) is 72.3 cm³/mol. The molecule has 0 atom stereocenters. The molecule has 102 valence electrons. The number of aromatic hydroxyl groups is 1. The molecule has 2 rings (SSSR count). The summed E-state index contributed by atoms with van der Waals surface area (Å²) in [6.07, 6.45) is 1.27. The lowest BCUT2D eigenvalue weighted by Gasteiger charge is -2.07. The van der Waals surface area contributed by atoms with Crippen molar-refractivity contribution in [1.29, 1.82) is 0 Å². The van der Waals surface area contributed by atoms with Crippen molar-refractivity contribution in [1.82, 2.24) is 4.98 Å². The molecule has 0 fully saturated rings. The average Bonchev–Trinajstić information content (AvgIpc) is 2.41. The number of phenolic OH excluding ortho intramolecular Hbond substituents is 1. The third-order valence-electron chi connectivity index (χ3n) is 2.43. The van der Waals surface area contributed by atoms with Crippen molar-refractivity contribution < 1.29 is 19.8 Å². The van der Waals surface area contributed by atoms with Crippen LogP contribution in [0.1, 0.15) is 20.8 Å². The van der Waals surface area contributed by atoms with Crippen LogP contribution in [0.15, 0.2) is 36.5 Å². The summed E-state index contributed by atoms with van der Waals surface area (Å²) >= 11 is 5.86. The van der Waals surface area contributed by atoms with Crippen molar-refractivity contribution in [2.24, 2.45) is 0 Å². The molecule has 0 aliphatic rings. The number of anilines is 1. The maximum absolute atomic E-state index is 12.0. The lowest BCUT2D eigenvalue weighted by Crippen LogP contribution is -2.13. The zero-order chi connectivity index (χ0) is 14.7.